The summed E-state index contributed by atoms with van der Waals surface area (Å²) in [4.78, 5) is 10.1. The number of methoxy groups -OCH3 is 1. The van der Waals surface area contributed by atoms with Crippen LogP contribution in [0.2, 0.25) is 0 Å². The van der Waals surface area contributed by atoms with Crippen molar-refractivity contribution in [2.24, 2.45) is 0 Å². The summed E-state index contributed by atoms with van der Waals surface area (Å²) >= 11 is 3.24. The second-order valence-electron chi connectivity index (χ2n) is 2.73. The van der Waals surface area contributed by atoms with Crippen molar-refractivity contribution in [3.05, 3.63) is 33.9 Å². The molecule has 5 nitrogen and oxygen atoms in total. The fourth-order valence-corrected chi connectivity index (χ4v) is 1.49. The molecule has 0 aliphatic carbocycles. The molecule has 1 aromatic rings. The molecule has 0 N–H and O–H groups in total. The number of halogens is 1. The summed E-state index contributed by atoms with van der Waals surface area (Å²) in [5, 5.41) is 11.0. The molecule has 0 amide bonds. The molecule has 0 fully saturated rings. The number of non-ortho nitro benzene ring substituents is 1. The van der Waals surface area contributed by atoms with Crippen LogP contribution in [0.4, 0.5) is 5.69 Å². The lowest BCUT2D eigenvalue weighted by Crippen LogP contribution is -2.01. The minimum atomic E-state index is -0.438. The van der Waals surface area contributed by atoms with E-state index in [0.717, 1.165) is 5.56 Å². The number of nitro groups is 1. The largest absolute Gasteiger partial charge is 0.467 e. The van der Waals surface area contributed by atoms with Gasteiger partial charge in [-0.25, -0.2) is 0 Å². The van der Waals surface area contributed by atoms with Gasteiger partial charge in [0.1, 0.15) is 5.75 Å². The Morgan fingerprint density at radius 1 is 1.53 bits per heavy atom. The van der Waals surface area contributed by atoms with Crippen LogP contribution in [0.5, 0.6) is 5.75 Å². The van der Waals surface area contributed by atoms with E-state index in [1.165, 1.54) is 19.2 Å². The normalized spacial score (nSPS) is 10.0. The van der Waals surface area contributed by atoms with Crippen molar-refractivity contribution in [1.29, 1.82) is 0 Å². The highest BCUT2D eigenvalue weighted by Gasteiger charge is 2.10. The summed E-state index contributed by atoms with van der Waals surface area (Å²) in [6.07, 6.45) is 0. The van der Waals surface area contributed by atoms with E-state index in [1.54, 1.807) is 6.07 Å². The Hall–Kier alpha value is -1.14. The average Bonchev–Trinajstić information content (AvgIpc) is 2.25. The van der Waals surface area contributed by atoms with Gasteiger partial charge in [-0.2, -0.15) is 0 Å². The summed E-state index contributed by atoms with van der Waals surface area (Å²) in [6.45, 7) is 0.123. The summed E-state index contributed by atoms with van der Waals surface area (Å²) in [5.41, 5.74) is 0.774. The number of rotatable bonds is 5. The Morgan fingerprint density at radius 3 is 2.80 bits per heavy atom. The number of hydrogen-bond acceptors (Lipinski definition) is 4. The van der Waals surface area contributed by atoms with E-state index in [2.05, 4.69) is 15.9 Å². The number of alkyl halides is 1. The lowest BCUT2D eigenvalue weighted by Gasteiger charge is -2.08. The topological polar surface area (TPSA) is 61.6 Å². The second kappa shape index (κ2) is 5.67. The zero-order chi connectivity index (χ0) is 11.3. The van der Waals surface area contributed by atoms with E-state index in [-0.39, 0.29) is 12.5 Å². The zero-order valence-corrected chi connectivity index (χ0v) is 9.69. The molecule has 6 heteroatoms. The Bertz CT molecular complexity index is 356. The monoisotopic (exact) mass is 275 g/mol. The van der Waals surface area contributed by atoms with Crippen LogP contribution in [0.25, 0.3) is 0 Å². The number of nitrogens with zero attached hydrogens (tertiary/aromatic N) is 1. The van der Waals surface area contributed by atoms with Gasteiger partial charge >= 0.3 is 0 Å². The summed E-state index contributed by atoms with van der Waals surface area (Å²) < 4.78 is 9.99. The molecule has 1 aromatic carbocycles. The predicted octanol–water partition coefficient (Wildman–Crippen LogP) is 2.47. The molecule has 0 radical (unpaired) electrons. The Morgan fingerprint density at radius 2 is 2.27 bits per heavy atom. The van der Waals surface area contributed by atoms with Crippen LogP contribution in [0.15, 0.2) is 18.2 Å². The molecule has 0 aliphatic rings. The zero-order valence-electron chi connectivity index (χ0n) is 8.10. The minimum Gasteiger partial charge on any atom is -0.467 e. The molecule has 1 rings (SSSR count). The van der Waals surface area contributed by atoms with Crippen molar-refractivity contribution >= 4 is 21.6 Å². The highest BCUT2D eigenvalue weighted by molar-refractivity contribution is 9.08. The molecule has 0 spiro atoms. The highest BCUT2D eigenvalue weighted by Crippen LogP contribution is 2.26. The van der Waals surface area contributed by atoms with Gasteiger partial charge in [-0.05, 0) is 6.07 Å². The maximum atomic E-state index is 10.5. The van der Waals surface area contributed by atoms with Crippen molar-refractivity contribution in [1.82, 2.24) is 0 Å². The molecule has 15 heavy (non-hydrogen) atoms. The van der Waals surface area contributed by atoms with Gasteiger partial charge in [-0.15, -0.1) is 0 Å². The predicted molar refractivity (Wildman–Crippen MR) is 58.2 cm³/mol. The fraction of sp³-hybridized carbons (Fsp3) is 0.333. The Balaban J connectivity index is 2.93. The van der Waals surface area contributed by atoms with Crippen molar-refractivity contribution in [2.45, 2.75) is 5.33 Å². The van der Waals surface area contributed by atoms with Gasteiger partial charge in [0.15, 0.2) is 6.79 Å². The van der Waals surface area contributed by atoms with Gasteiger partial charge < -0.3 is 9.47 Å². The molecule has 0 aromatic heterocycles. The second-order valence-corrected chi connectivity index (χ2v) is 3.29. The molecule has 0 aliphatic heterocycles. The number of benzene rings is 1. The van der Waals surface area contributed by atoms with Gasteiger partial charge in [-0.3, -0.25) is 10.1 Å². The average molecular weight is 276 g/mol. The van der Waals surface area contributed by atoms with Crippen LogP contribution < -0.4 is 4.74 Å². The first kappa shape index (κ1) is 11.9. The third kappa shape index (κ3) is 3.17. The lowest BCUT2D eigenvalue weighted by molar-refractivity contribution is -0.384. The Labute approximate surface area is 95.3 Å². The quantitative estimate of drug-likeness (QED) is 0.359. The molecule has 0 unspecified atom stereocenters. The van der Waals surface area contributed by atoms with Crippen LogP contribution in [0.1, 0.15) is 5.56 Å². The van der Waals surface area contributed by atoms with Crippen molar-refractivity contribution in [2.75, 3.05) is 13.9 Å². The number of hydrogen-bond donors (Lipinski definition) is 0. The number of nitro benzene ring substituents is 1. The molecule has 0 atom stereocenters. The maximum Gasteiger partial charge on any atom is 0.270 e. The summed E-state index contributed by atoms with van der Waals surface area (Å²) in [7, 11) is 1.51. The van der Waals surface area contributed by atoms with Gasteiger partial charge in [0.2, 0.25) is 0 Å². The first-order valence-corrected chi connectivity index (χ1v) is 5.26. The smallest absolute Gasteiger partial charge is 0.270 e. The number of ether oxygens (including phenoxy) is 2. The van der Waals surface area contributed by atoms with Gasteiger partial charge in [0, 0.05) is 30.1 Å². The molecular weight excluding hydrogens is 266 g/mol. The van der Waals surface area contributed by atoms with Gasteiger partial charge in [0.05, 0.1) is 4.92 Å². The molecule has 0 heterocycles. The maximum absolute atomic E-state index is 10.5. The highest BCUT2D eigenvalue weighted by atomic mass is 79.9. The van der Waals surface area contributed by atoms with E-state index in [9.17, 15) is 10.1 Å². The SMILES string of the molecule is COCOc1ccc([N+](=O)[O-])cc1CBr. The fourth-order valence-electron chi connectivity index (χ4n) is 1.05. The molecular formula is C9H10BrNO4. The van der Waals surface area contributed by atoms with Crippen molar-refractivity contribution < 1.29 is 14.4 Å². The van der Waals surface area contributed by atoms with Crippen LogP contribution in [-0.4, -0.2) is 18.8 Å². The van der Waals surface area contributed by atoms with E-state index in [1.807, 2.05) is 0 Å². The standard InChI is InChI=1S/C9H10BrNO4/c1-14-6-15-9-3-2-8(11(12)13)4-7(9)5-10/h2-4H,5-6H2,1H3. The Kier molecular flexibility index (Phi) is 4.51. The van der Waals surface area contributed by atoms with Crippen LogP contribution in [0.3, 0.4) is 0 Å². The van der Waals surface area contributed by atoms with E-state index in [4.69, 9.17) is 9.47 Å². The van der Waals surface area contributed by atoms with Crippen LogP contribution in [0, 0.1) is 10.1 Å². The first-order valence-electron chi connectivity index (χ1n) is 4.14. The lowest BCUT2D eigenvalue weighted by atomic mass is 10.2. The van der Waals surface area contributed by atoms with Crippen molar-refractivity contribution in [3.63, 3.8) is 0 Å². The van der Waals surface area contributed by atoms with E-state index in [0.29, 0.717) is 11.1 Å². The molecule has 0 saturated heterocycles. The molecule has 0 bridgehead atoms. The van der Waals surface area contributed by atoms with Crippen LogP contribution >= 0.6 is 15.9 Å². The summed E-state index contributed by atoms with van der Waals surface area (Å²) in [5.74, 6) is 0.583. The van der Waals surface area contributed by atoms with Crippen LogP contribution in [-0.2, 0) is 10.1 Å². The van der Waals surface area contributed by atoms with Gasteiger partial charge in [0.25, 0.3) is 5.69 Å². The molecule has 82 valence electrons. The van der Waals surface area contributed by atoms with Crippen molar-refractivity contribution in [3.8, 4) is 5.75 Å². The molecule has 0 saturated carbocycles. The third-order valence-corrected chi connectivity index (χ3v) is 2.34. The third-order valence-electron chi connectivity index (χ3n) is 1.73. The first-order chi connectivity index (χ1) is 7.19. The van der Waals surface area contributed by atoms with E-state index >= 15 is 0 Å². The minimum absolute atomic E-state index is 0.0502. The summed E-state index contributed by atoms with van der Waals surface area (Å²) in [6, 6.07) is 4.44. The van der Waals surface area contributed by atoms with E-state index < -0.39 is 4.92 Å². The van der Waals surface area contributed by atoms with Gasteiger partial charge in [-0.1, -0.05) is 15.9 Å².